The molecule has 4 heteroatoms. The van der Waals surface area contributed by atoms with Gasteiger partial charge in [0, 0.05) is 17.8 Å². The van der Waals surface area contributed by atoms with Gasteiger partial charge in [-0.3, -0.25) is 14.8 Å². The summed E-state index contributed by atoms with van der Waals surface area (Å²) >= 11 is 0. The topological polar surface area (TPSA) is 68.9 Å². The van der Waals surface area contributed by atoms with Crippen LogP contribution in [-0.2, 0) is 16.6 Å². The number of hydrogen-bond donors (Lipinski definition) is 1. The van der Waals surface area contributed by atoms with Gasteiger partial charge in [0.15, 0.2) is 0 Å². The molecule has 4 saturated carbocycles. The lowest BCUT2D eigenvalue weighted by Crippen LogP contribution is -2.67. The van der Waals surface area contributed by atoms with Crippen LogP contribution < -0.4 is 5.73 Å². The van der Waals surface area contributed by atoms with Crippen LogP contribution in [-0.4, -0.2) is 15.9 Å². The number of amides is 1. The summed E-state index contributed by atoms with van der Waals surface area (Å²) < 4.78 is 0. The zero-order valence-electron chi connectivity index (χ0n) is 23.5. The molecule has 5 aliphatic carbocycles. The van der Waals surface area contributed by atoms with Gasteiger partial charge < -0.3 is 5.73 Å². The highest BCUT2D eigenvalue weighted by Gasteiger charge is 2.71. The number of aromatic nitrogens is 2. The molecule has 0 aromatic carbocycles. The van der Waals surface area contributed by atoms with E-state index < -0.39 is 0 Å². The maximum absolute atomic E-state index is 13.1. The van der Waals surface area contributed by atoms with Crippen LogP contribution in [0.15, 0.2) is 24.5 Å². The van der Waals surface area contributed by atoms with Gasteiger partial charge in [-0.25, -0.2) is 0 Å². The van der Waals surface area contributed by atoms with E-state index in [0.29, 0.717) is 29.6 Å². The first-order valence-corrected chi connectivity index (χ1v) is 14.6. The predicted octanol–water partition coefficient (Wildman–Crippen LogP) is 6.63. The van der Waals surface area contributed by atoms with Gasteiger partial charge in [0.2, 0.25) is 5.91 Å². The average Bonchev–Trinajstić information content (AvgIpc) is 3.21. The highest BCUT2D eigenvalue weighted by atomic mass is 16.1. The maximum atomic E-state index is 13.1. The molecule has 1 heterocycles. The Bertz CT molecular complexity index is 1130. The molecule has 9 atom stereocenters. The highest BCUT2D eigenvalue weighted by molar-refractivity contribution is 5.82. The van der Waals surface area contributed by atoms with Gasteiger partial charge in [-0.2, -0.15) is 0 Å². The lowest BCUT2D eigenvalue weighted by molar-refractivity contribution is -0.224. The van der Waals surface area contributed by atoms with Crippen molar-refractivity contribution >= 4 is 5.91 Å². The molecule has 0 unspecified atom stereocenters. The fourth-order valence-electron chi connectivity index (χ4n) is 11.9. The van der Waals surface area contributed by atoms with Crippen molar-refractivity contribution in [2.24, 2.45) is 57.0 Å². The second-order valence-corrected chi connectivity index (χ2v) is 15.0. The van der Waals surface area contributed by atoms with Gasteiger partial charge in [-0.15, -0.1) is 0 Å². The van der Waals surface area contributed by atoms with Crippen LogP contribution in [0.1, 0.15) is 104 Å². The van der Waals surface area contributed by atoms with Crippen molar-refractivity contribution in [3.05, 3.63) is 35.9 Å². The van der Waals surface area contributed by atoms with Crippen LogP contribution >= 0.6 is 0 Å². The molecule has 0 aliphatic heterocycles. The predicted molar refractivity (Wildman–Crippen MR) is 144 cm³/mol. The second kappa shape index (κ2) is 7.44. The molecule has 1 aromatic rings. The number of carbonyl (C=O) groups excluding carboxylic acids is 1. The zero-order chi connectivity index (χ0) is 25.9. The van der Waals surface area contributed by atoms with Crippen LogP contribution in [0.3, 0.4) is 0 Å². The third-order valence-electron chi connectivity index (χ3n) is 13.6. The third-order valence-corrected chi connectivity index (χ3v) is 13.6. The number of primary amides is 1. The van der Waals surface area contributed by atoms with Crippen LogP contribution in [0.25, 0.3) is 0 Å². The number of rotatable bonds is 2. The van der Waals surface area contributed by atoms with Gasteiger partial charge in [-0.1, -0.05) is 46.8 Å². The Labute approximate surface area is 218 Å². The standard InChI is InChI=1S/C32H47N3O/c1-19(2)20-10-13-32(27(33)36)15-14-30(6)21(25(20)32)8-9-24-29(5)18-22-26(35-17-16-34-22)28(3,4)23(29)11-12-31(24,30)7/h16-17,20-21,23-25H,1,8-15,18H2,2-7H3,(H2,33,36)/t20-,21+,23-,24+,25+,29-,30+,31+,32-/m0/s1. The molecule has 0 radical (unpaired) electrons. The molecule has 4 nitrogen and oxygen atoms in total. The van der Waals surface area contributed by atoms with E-state index >= 15 is 0 Å². The fraction of sp³-hybridized carbons (Fsp3) is 0.781. The summed E-state index contributed by atoms with van der Waals surface area (Å²) in [5.41, 5.74) is 10.4. The van der Waals surface area contributed by atoms with E-state index in [4.69, 9.17) is 15.7 Å². The number of allylic oxidation sites excluding steroid dienone is 1. The Kier molecular flexibility index (Phi) is 5.09. The first-order chi connectivity index (χ1) is 16.8. The van der Waals surface area contributed by atoms with E-state index in [0.717, 1.165) is 32.1 Å². The van der Waals surface area contributed by atoms with Gasteiger partial charge in [0.05, 0.1) is 16.8 Å². The first kappa shape index (κ1) is 24.6. The van der Waals surface area contributed by atoms with Crippen molar-refractivity contribution in [3.8, 4) is 0 Å². The second-order valence-electron chi connectivity index (χ2n) is 15.0. The maximum Gasteiger partial charge on any atom is 0.223 e. The summed E-state index contributed by atoms with van der Waals surface area (Å²) in [6.07, 6.45) is 14.0. The summed E-state index contributed by atoms with van der Waals surface area (Å²) in [7, 11) is 0. The van der Waals surface area contributed by atoms with Crippen molar-refractivity contribution in [2.45, 2.75) is 105 Å². The molecule has 1 amide bonds. The van der Waals surface area contributed by atoms with Gasteiger partial charge in [0.25, 0.3) is 0 Å². The Balaban J connectivity index is 1.44. The van der Waals surface area contributed by atoms with E-state index in [-0.39, 0.29) is 33.0 Å². The summed E-state index contributed by atoms with van der Waals surface area (Å²) in [6, 6.07) is 0. The Hall–Kier alpha value is -1.71. The minimum absolute atomic E-state index is 0.0366. The molecule has 196 valence electrons. The van der Waals surface area contributed by atoms with E-state index in [1.165, 1.54) is 42.6 Å². The minimum atomic E-state index is -0.320. The SMILES string of the molecule is C=C(C)[C@@H]1CC[C@]2(C(N)=O)CC[C@]3(C)[C@H](CC[C@@H]4[C@@]5(C)Cc6nccnc6C(C)(C)[C@@H]5CC[C@]43C)[C@@H]12. The monoisotopic (exact) mass is 489 g/mol. The van der Waals surface area contributed by atoms with Crippen molar-refractivity contribution < 1.29 is 4.79 Å². The molecule has 0 spiro atoms. The molecular weight excluding hydrogens is 442 g/mol. The number of hydrogen-bond acceptors (Lipinski definition) is 3. The number of nitrogens with zero attached hydrogens (tertiary/aromatic N) is 2. The van der Waals surface area contributed by atoms with E-state index in [9.17, 15) is 4.79 Å². The molecule has 0 saturated heterocycles. The lowest BCUT2D eigenvalue weighted by Gasteiger charge is -2.72. The zero-order valence-corrected chi connectivity index (χ0v) is 23.5. The quantitative estimate of drug-likeness (QED) is 0.474. The Morgan fingerprint density at radius 3 is 2.33 bits per heavy atom. The van der Waals surface area contributed by atoms with Crippen LogP contribution in [0.2, 0.25) is 0 Å². The van der Waals surface area contributed by atoms with E-state index in [1.54, 1.807) is 0 Å². The Morgan fingerprint density at radius 2 is 1.64 bits per heavy atom. The van der Waals surface area contributed by atoms with Crippen LogP contribution in [0, 0.1) is 51.2 Å². The number of nitrogens with two attached hydrogens (primary N) is 1. The summed E-state index contributed by atoms with van der Waals surface area (Å²) in [6.45, 7) is 19.3. The fourth-order valence-corrected chi connectivity index (χ4v) is 11.9. The number of fused-ring (bicyclic) bond motifs is 8. The molecule has 4 fully saturated rings. The van der Waals surface area contributed by atoms with E-state index in [1.807, 2.05) is 12.4 Å². The van der Waals surface area contributed by atoms with Crippen molar-refractivity contribution in [2.75, 3.05) is 0 Å². The van der Waals surface area contributed by atoms with Gasteiger partial charge in [-0.05, 0) is 111 Å². The van der Waals surface area contributed by atoms with Crippen LogP contribution in [0.4, 0.5) is 0 Å². The van der Waals surface area contributed by atoms with Crippen LogP contribution in [0.5, 0.6) is 0 Å². The van der Waals surface area contributed by atoms with E-state index in [2.05, 4.69) is 48.1 Å². The summed E-state index contributed by atoms with van der Waals surface area (Å²) in [5, 5.41) is 0. The minimum Gasteiger partial charge on any atom is -0.369 e. The average molecular weight is 490 g/mol. The molecule has 6 rings (SSSR count). The smallest absolute Gasteiger partial charge is 0.223 e. The van der Waals surface area contributed by atoms with Gasteiger partial charge in [0.1, 0.15) is 0 Å². The van der Waals surface area contributed by atoms with Crippen molar-refractivity contribution in [1.82, 2.24) is 9.97 Å². The highest BCUT2D eigenvalue weighted by Crippen LogP contribution is 2.77. The number of carbonyl (C=O) groups is 1. The largest absolute Gasteiger partial charge is 0.369 e. The molecule has 2 N–H and O–H groups in total. The molecule has 5 aliphatic rings. The molecule has 36 heavy (non-hydrogen) atoms. The molecule has 0 bridgehead atoms. The summed E-state index contributed by atoms with van der Waals surface area (Å²) in [4.78, 5) is 22.8. The molecular formula is C32H47N3O. The molecule has 1 aromatic heterocycles. The Morgan fingerprint density at radius 1 is 0.917 bits per heavy atom. The van der Waals surface area contributed by atoms with Crippen molar-refractivity contribution in [3.63, 3.8) is 0 Å². The summed E-state index contributed by atoms with van der Waals surface area (Å²) in [5.74, 6) is 2.59. The van der Waals surface area contributed by atoms with Gasteiger partial charge >= 0.3 is 0 Å². The third kappa shape index (κ3) is 2.75. The lowest BCUT2D eigenvalue weighted by atomic mass is 9.32. The van der Waals surface area contributed by atoms with Crippen molar-refractivity contribution in [1.29, 1.82) is 0 Å². The normalized spacial score (nSPS) is 48.6. The first-order valence-electron chi connectivity index (χ1n) is 14.6.